The number of carbonyl (C=O) groups is 2. The van der Waals surface area contributed by atoms with Gasteiger partial charge in [-0.2, -0.15) is 0 Å². The molecule has 2 aliphatic rings. The number of piperazine rings is 1. The van der Waals surface area contributed by atoms with Gasteiger partial charge in [0.2, 0.25) is 11.8 Å². The fourth-order valence-corrected chi connectivity index (χ4v) is 3.46. The first-order valence-electron chi connectivity index (χ1n) is 8.48. The van der Waals surface area contributed by atoms with E-state index in [-0.39, 0.29) is 23.8 Å². The summed E-state index contributed by atoms with van der Waals surface area (Å²) in [6, 6.07) is -0.362. The van der Waals surface area contributed by atoms with Gasteiger partial charge in [-0.05, 0) is 37.5 Å². The van der Waals surface area contributed by atoms with Crippen molar-refractivity contribution in [1.82, 2.24) is 10.2 Å². The second-order valence-corrected chi connectivity index (χ2v) is 7.25. The minimum absolute atomic E-state index is 0.0502. The van der Waals surface area contributed by atoms with Gasteiger partial charge in [0.05, 0.1) is 0 Å². The third-order valence-electron chi connectivity index (χ3n) is 5.47. The van der Waals surface area contributed by atoms with Gasteiger partial charge in [-0.15, -0.1) is 0 Å². The molecule has 2 atom stereocenters. The third-order valence-corrected chi connectivity index (χ3v) is 5.47. The average molecular weight is 294 g/mol. The zero-order valence-corrected chi connectivity index (χ0v) is 14.1. The second kappa shape index (κ2) is 5.98. The van der Waals surface area contributed by atoms with Crippen molar-refractivity contribution in [3.63, 3.8) is 0 Å². The molecule has 0 bridgehead atoms. The Morgan fingerprint density at radius 2 is 1.81 bits per heavy atom. The normalized spacial score (nSPS) is 30.2. The Kier molecular flexibility index (Phi) is 4.64. The van der Waals surface area contributed by atoms with Crippen LogP contribution in [0.1, 0.15) is 60.3 Å². The van der Waals surface area contributed by atoms with Crippen molar-refractivity contribution >= 4 is 11.8 Å². The van der Waals surface area contributed by atoms with Gasteiger partial charge in [-0.3, -0.25) is 9.59 Å². The molecule has 0 radical (unpaired) electrons. The third kappa shape index (κ3) is 2.82. The summed E-state index contributed by atoms with van der Waals surface area (Å²) in [7, 11) is 0. The maximum atomic E-state index is 12.9. The van der Waals surface area contributed by atoms with Gasteiger partial charge in [-0.25, -0.2) is 0 Å². The summed E-state index contributed by atoms with van der Waals surface area (Å²) in [5.74, 6) is 1.12. The predicted molar refractivity (Wildman–Crippen MR) is 83.7 cm³/mol. The highest BCUT2D eigenvalue weighted by Gasteiger charge is 2.57. The molecule has 1 heterocycles. The van der Waals surface area contributed by atoms with Gasteiger partial charge in [-0.1, -0.05) is 40.5 Å². The molecule has 21 heavy (non-hydrogen) atoms. The zero-order valence-electron chi connectivity index (χ0n) is 14.1. The molecule has 1 aliphatic heterocycles. The van der Waals surface area contributed by atoms with E-state index in [4.69, 9.17) is 0 Å². The summed E-state index contributed by atoms with van der Waals surface area (Å²) in [5.41, 5.74) is -0.634. The molecule has 2 amide bonds. The van der Waals surface area contributed by atoms with E-state index in [1.165, 1.54) is 0 Å². The maximum Gasteiger partial charge on any atom is 0.246 e. The van der Waals surface area contributed by atoms with Crippen molar-refractivity contribution in [3.05, 3.63) is 0 Å². The predicted octanol–water partition coefficient (Wildman–Crippen LogP) is 2.57. The van der Waals surface area contributed by atoms with E-state index in [0.29, 0.717) is 11.8 Å². The van der Waals surface area contributed by atoms with Crippen molar-refractivity contribution in [3.8, 4) is 0 Å². The Balaban J connectivity index is 2.30. The van der Waals surface area contributed by atoms with Crippen LogP contribution in [0.5, 0.6) is 0 Å². The topological polar surface area (TPSA) is 49.4 Å². The zero-order chi connectivity index (χ0) is 15.8. The molecule has 1 aliphatic carbocycles. The van der Waals surface area contributed by atoms with E-state index >= 15 is 0 Å². The number of nitrogens with one attached hydrogen (secondary N) is 1. The summed E-state index contributed by atoms with van der Waals surface area (Å²) >= 11 is 0. The van der Waals surface area contributed by atoms with Crippen LogP contribution in [0.2, 0.25) is 0 Å². The Morgan fingerprint density at radius 3 is 2.24 bits per heavy atom. The molecule has 1 N–H and O–H groups in total. The lowest BCUT2D eigenvalue weighted by atomic mass is 9.84. The molecular weight excluding hydrogens is 264 g/mol. The summed E-state index contributed by atoms with van der Waals surface area (Å²) in [4.78, 5) is 27.6. The van der Waals surface area contributed by atoms with Gasteiger partial charge < -0.3 is 10.2 Å². The molecule has 4 nitrogen and oxygen atoms in total. The largest absolute Gasteiger partial charge is 0.342 e. The number of carbonyl (C=O) groups excluding carboxylic acids is 2. The molecule has 0 spiro atoms. The van der Waals surface area contributed by atoms with E-state index in [0.717, 1.165) is 32.2 Å². The Bertz CT molecular complexity index is 413. The Morgan fingerprint density at radius 1 is 1.24 bits per heavy atom. The van der Waals surface area contributed by atoms with Crippen molar-refractivity contribution in [2.24, 2.45) is 17.8 Å². The van der Waals surface area contributed by atoms with Crippen LogP contribution in [0.25, 0.3) is 0 Å². The van der Waals surface area contributed by atoms with Crippen LogP contribution in [0, 0.1) is 17.8 Å². The van der Waals surface area contributed by atoms with Crippen LogP contribution in [0.4, 0.5) is 0 Å². The average Bonchev–Trinajstić information content (AvgIpc) is 3.27. The van der Waals surface area contributed by atoms with E-state index in [2.05, 4.69) is 19.2 Å². The molecule has 0 aromatic rings. The van der Waals surface area contributed by atoms with Crippen molar-refractivity contribution in [2.45, 2.75) is 71.9 Å². The quantitative estimate of drug-likeness (QED) is 0.818. The molecule has 2 fully saturated rings. The van der Waals surface area contributed by atoms with Gasteiger partial charge in [0.25, 0.3) is 0 Å². The summed E-state index contributed by atoms with van der Waals surface area (Å²) in [6.07, 6.45) is 4.22. The monoisotopic (exact) mass is 294 g/mol. The van der Waals surface area contributed by atoms with Crippen LogP contribution in [-0.2, 0) is 9.59 Å². The van der Waals surface area contributed by atoms with Crippen molar-refractivity contribution in [1.29, 1.82) is 0 Å². The highest BCUT2D eigenvalue weighted by Crippen LogP contribution is 2.45. The molecule has 2 unspecified atom stereocenters. The lowest BCUT2D eigenvalue weighted by Crippen LogP contribution is -2.71. The van der Waals surface area contributed by atoms with Crippen LogP contribution in [0.15, 0.2) is 0 Å². The number of rotatable bonds is 6. The lowest BCUT2D eigenvalue weighted by molar-refractivity contribution is -0.160. The highest BCUT2D eigenvalue weighted by molar-refractivity contribution is 6.00. The molecule has 1 saturated carbocycles. The molecule has 0 aromatic heterocycles. The van der Waals surface area contributed by atoms with Crippen molar-refractivity contribution < 1.29 is 9.59 Å². The number of amides is 2. The first-order valence-corrected chi connectivity index (χ1v) is 8.48. The van der Waals surface area contributed by atoms with E-state index in [1.807, 2.05) is 25.7 Å². The SMILES string of the molecule is CCC(CC)CN1C(=O)C(C(C)C)NC(=O)C1(C)C1CC1. The summed E-state index contributed by atoms with van der Waals surface area (Å²) in [5, 5.41) is 2.99. The van der Waals surface area contributed by atoms with E-state index in [9.17, 15) is 9.59 Å². The molecule has 2 rings (SSSR count). The van der Waals surface area contributed by atoms with Crippen LogP contribution in [-0.4, -0.2) is 34.8 Å². The smallest absolute Gasteiger partial charge is 0.246 e. The minimum atomic E-state index is -0.634. The van der Waals surface area contributed by atoms with Gasteiger partial charge in [0.1, 0.15) is 11.6 Å². The highest BCUT2D eigenvalue weighted by atomic mass is 16.2. The van der Waals surface area contributed by atoms with Gasteiger partial charge in [0.15, 0.2) is 0 Å². The number of nitrogens with zero attached hydrogens (tertiary/aromatic N) is 1. The van der Waals surface area contributed by atoms with Crippen LogP contribution in [0.3, 0.4) is 0 Å². The minimum Gasteiger partial charge on any atom is -0.342 e. The standard InChI is InChI=1S/C17H30N2O2/c1-6-12(7-2)10-19-15(20)14(11(3)4)18-16(21)17(19,5)13-8-9-13/h11-14H,6-10H2,1-5H3,(H,18,21). The molecule has 120 valence electrons. The second-order valence-electron chi connectivity index (χ2n) is 7.25. The van der Waals surface area contributed by atoms with Gasteiger partial charge in [0, 0.05) is 6.54 Å². The lowest BCUT2D eigenvalue weighted by Gasteiger charge is -2.48. The van der Waals surface area contributed by atoms with Gasteiger partial charge >= 0.3 is 0 Å². The maximum absolute atomic E-state index is 12.9. The first kappa shape index (κ1) is 16.3. The molecule has 4 heteroatoms. The molecular formula is C17H30N2O2. The fraction of sp³-hybridized carbons (Fsp3) is 0.882. The van der Waals surface area contributed by atoms with E-state index < -0.39 is 5.54 Å². The van der Waals surface area contributed by atoms with Crippen molar-refractivity contribution in [2.75, 3.05) is 6.54 Å². The van der Waals surface area contributed by atoms with E-state index in [1.54, 1.807) is 0 Å². The summed E-state index contributed by atoms with van der Waals surface area (Å²) in [6.45, 7) is 11.0. The first-order chi connectivity index (χ1) is 9.86. The Labute approximate surface area is 128 Å². The van der Waals surface area contributed by atoms with Crippen LogP contribution >= 0.6 is 0 Å². The number of hydrogen-bond acceptors (Lipinski definition) is 2. The fourth-order valence-electron chi connectivity index (χ4n) is 3.46. The van der Waals surface area contributed by atoms with Crippen LogP contribution < -0.4 is 5.32 Å². The Hall–Kier alpha value is -1.06. The molecule has 1 saturated heterocycles. The number of hydrogen-bond donors (Lipinski definition) is 1. The summed E-state index contributed by atoms with van der Waals surface area (Å²) < 4.78 is 0. The molecule has 0 aromatic carbocycles.